The molecule has 4 rings (SSSR count). The number of nitrogens with zero attached hydrogens (tertiary/aromatic N) is 1. The number of benzene rings is 3. The molecule has 0 unspecified atom stereocenters. The molecule has 1 aromatic heterocycles. The monoisotopic (exact) mass is 453 g/mol. The van der Waals surface area contributed by atoms with Crippen LogP contribution < -0.4 is 14.9 Å². The first-order chi connectivity index (χ1) is 14.7. The molecule has 0 bridgehead atoms. The van der Waals surface area contributed by atoms with Gasteiger partial charge in [-0.3, -0.25) is 14.3 Å². The van der Waals surface area contributed by atoms with Gasteiger partial charge in [0.2, 0.25) is 0 Å². The summed E-state index contributed by atoms with van der Waals surface area (Å²) in [5.74, 6) is -0.330. The maximum atomic E-state index is 12.7. The van der Waals surface area contributed by atoms with Crippen molar-refractivity contribution in [3.63, 3.8) is 0 Å². The minimum Gasteiger partial charge on any atom is -0.322 e. The van der Waals surface area contributed by atoms with E-state index in [1.807, 2.05) is 0 Å². The second-order valence-electron chi connectivity index (χ2n) is 7.01. The summed E-state index contributed by atoms with van der Waals surface area (Å²) in [7, 11) is -2.01. The van der Waals surface area contributed by atoms with Crippen molar-refractivity contribution in [1.29, 1.82) is 0 Å². The predicted molar refractivity (Wildman–Crippen MR) is 123 cm³/mol. The van der Waals surface area contributed by atoms with Gasteiger partial charge in [0.25, 0.3) is 15.9 Å². The summed E-state index contributed by atoms with van der Waals surface area (Å²) >= 11 is 1.11. The van der Waals surface area contributed by atoms with E-state index in [1.54, 1.807) is 73.1 Å². The first kappa shape index (κ1) is 20.8. The Morgan fingerprint density at radius 3 is 2.45 bits per heavy atom. The highest BCUT2D eigenvalue weighted by atomic mass is 32.2. The molecule has 0 aliphatic carbocycles. The standard InChI is InChI=1S/C22H19N3O4S2/c1-14-12-15(8-10-18(14)24-31(28,29)17-6-4-3-5-7-17)21(26)23-16-9-11-19-20(13-16)30-22(27)25(19)2/h3-13,24H,1-2H3,(H,23,26). The molecule has 9 heteroatoms. The molecule has 2 N–H and O–H groups in total. The SMILES string of the molecule is Cc1cc(C(=O)Nc2ccc3c(c2)sc(=O)n3C)ccc1NS(=O)(=O)c1ccccc1. The summed E-state index contributed by atoms with van der Waals surface area (Å²) in [6.07, 6.45) is 0. The van der Waals surface area contributed by atoms with E-state index < -0.39 is 10.0 Å². The molecule has 158 valence electrons. The summed E-state index contributed by atoms with van der Waals surface area (Å²) < 4.78 is 30.0. The highest BCUT2D eigenvalue weighted by Crippen LogP contribution is 2.24. The van der Waals surface area contributed by atoms with Gasteiger partial charge >= 0.3 is 4.87 Å². The van der Waals surface area contributed by atoms with Crippen molar-refractivity contribution in [2.24, 2.45) is 7.05 Å². The minimum atomic E-state index is -3.72. The molecule has 0 saturated heterocycles. The van der Waals surface area contributed by atoms with Crippen LogP contribution in [0.15, 0.2) is 76.4 Å². The van der Waals surface area contributed by atoms with Crippen molar-refractivity contribution in [2.45, 2.75) is 11.8 Å². The fraction of sp³-hybridized carbons (Fsp3) is 0.0909. The number of sulfonamides is 1. The van der Waals surface area contributed by atoms with Crippen molar-refractivity contribution in [3.8, 4) is 0 Å². The molecular formula is C22H19N3O4S2. The van der Waals surface area contributed by atoms with Crippen LogP contribution in [0.5, 0.6) is 0 Å². The van der Waals surface area contributed by atoms with E-state index in [0.29, 0.717) is 22.5 Å². The number of thiazole rings is 1. The first-order valence-corrected chi connectivity index (χ1v) is 11.6. The fourth-order valence-corrected chi connectivity index (χ4v) is 5.21. The van der Waals surface area contributed by atoms with E-state index in [4.69, 9.17) is 0 Å². The molecular weight excluding hydrogens is 434 g/mol. The van der Waals surface area contributed by atoms with E-state index in [9.17, 15) is 18.0 Å². The molecule has 0 fully saturated rings. The van der Waals surface area contributed by atoms with Crippen LogP contribution in [0.3, 0.4) is 0 Å². The van der Waals surface area contributed by atoms with Gasteiger partial charge in [0, 0.05) is 18.3 Å². The highest BCUT2D eigenvalue weighted by molar-refractivity contribution is 7.92. The number of anilines is 2. The Kier molecular flexibility index (Phi) is 5.38. The van der Waals surface area contributed by atoms with Crippen molar-refractivity contribution < 1.29 is 13.2 Å². The van der Waals surface area contributed by atoms with Crippen LogP contribution in [-0.4, -0.2) is 18.9 Å². The van der Waals surface area contributed by atoms with Crippen LogP contribution in [0.1, 0.15) is 15.9 Å². The average Bonchev–Trinajstić information content (AvgIpc) is 3.03. The number of nitrogens with one attached hydrogen (secondary N) is 2. The van der Waals surface area contributed by atoms with Crippen molar-refractivity contribution in [2.75, 3.05) is 10.0 Å². The van der Waals surface area contributed by atoms with Gasteiger partial charge in [-0.1, -0.05) is 29.5 Å². The van der Waals surface area contributed by atoms with E-state index >= 15 is 0 Å². The molecule has 1 heterocycles. The van der Waals surface area contributed by atoms with Crippen LogP contribution in [0, 0.1) is 6.92 Å². The molecule has 0 radical (unpaired) electrons. The Bertz CT molecular complexity index is 1460. The number of aromatic nitrogens is 1. The Morgan fingerprint density at radius 1 is 1.00 bits per heavy atom. The molecule has 0 aliphatic heterocycles. The number of amides is 1. The summed E-state index contributed by atoms with van der Waals surface area (Å²) in [5.41, 5.74) is 2.78. The lowest BCUT2D eigenvalue weighted by Gasteiger charge is -2.12. The number of aryl methyl sites for hydroxylation is 2. The summed E-state index contributed by atoms with van der Waals surface area (Å²) in [5, 5.41) is 2.82. The van der Waals surface area contributed by atoms with Crippen LogP contribution in [0.4, 0.5) is 11.4 Å². The zero-order valence-corrected chi connectivity index (χ0v) is 18.4. The fourth-order valence-electron chi connectivity index (χ4n) is 3.14. The van der Waals surface area contributed by atoms with E-state index in [2.05, 4.69) is 10.0 Å². The normalized spacial score (nSPS) is 11.4. The van der Waals surface area contributed by atoms with Gasteiger partial charge in [-0.05, 0) is 61.0 Å². The quantitative estimate of drug-likeness (QED) is 0.478. The molecule has 0 aliphatic rings. The molecule has 4 aromatic rings. The van der Waals surface area contributed by atoms with E-state index in [-0.39, 0.29) is 15.7 Å². The van der Waals surface area contributed by atoms with Gasteiger partial charge in [0.1, 0.15) is 0 Å². The Labute approximate surface area is 183 Å². The number of hydrogen-bond donors (Lipinski definition) is 2. The molecule has 0 atom stereocenters. The molecule has 31 heavy (non-hydrogen) atoms. The van der Waals surface area contributed by atoms with Gasteiger partial charge in [-0.2, -0.15) is 0 Å². The summed E-state index contributed by atoms with van der Waals surface area (Å²) in [6, 6.07) is 18.1. The smallest absolute Gasteiger partial charge is 0.307 e. The molecule has 0 spiro atoms. The third kappa shape index (κ3) is 4.23. The maximum Gasteiger partial charge on any atom is 0.307 e. The number of carbonyl (C=O) groups is 1. The lowest BCUT2D eigenvalue weighted by molar-refractivity contribution is 0.102. The van der Waals surface area contributed by atoms with E-state index in [1.165, 1.54) is 12.1 Å². The van der Waals surface area contributed by atoms with Crippen LogP contribution in [-0.2, 0) is 17.1 Å². The minimum absolute atomic E-state index is 0.0670. The third-order valence-corrected chi connectivity index (χ3v) is 7.21. The average molecular weight is 454 g/mol. The van der Waals surface area contributed by atoms with E-state index in [0.717, 1.165) is 21.6 Å². The third-order valence-electron chi connectivity index (χ3n) is 4.84. The second kappa shape index (κ2) is 8.01. The van der Waals surface area contributed by atoms with Crippen molar-refractivity contribution in [3.05, 3.63) is 87.5 Å². The van der Waals surface area contributed by atoms with Crippen LogP contribution >= 0.6 is 11.3 Å². The summed E-state index contributed by atoms with van der Waals surface area (Å²) in [6.45, 7) is 1.73. The van der Waals surface area contributed by atoms with Gasteiger partial charge in [-0.25, -0.2) is 8.42 Å². The largest absolute Gasteiger partial charge is 0.322 e. The number of hydrogen-bond acceptors (Lipinski definition) is 5. The van der Waals surface area contributed by atoms with Crippen LogP contribution in [0.2, 0.25) is 0 Å². The Balaban J connectivity index is 1.53. The number of carbonyl (C=O) groups excluding carboxylic acids is 1. The second-order valence-corrected chi connectivity index (χ2v) is 9.69. The zero-order chi connectivity index (χ0) is 22.2. The maximum absolute atomic E-state index is 12.7. The molecule has 1 amide bonds. The van der Waals surface area contributed by atoms with Gasteiger partial charge in [0.15, 0.2) is 0 Å². The predicted octanol–water partition coefficient (Wildman–Crippen LogP) is 3.96. The highest BCUT2D eigenvalue weighted by Gasteiger charge is 2.16. The zero-order valence-electron chi connectivity index (χ0n) is 16.7. The van der Waals surface area contributed by atoms with Gasteiger partial charge in [0.05, 0.1) is 20.8 Å². The molecule has 7 nitrogen and oxygen atoms in total. The number of fused-ring (bicyclic) bond motifs is 1. The Morgan fingerprint density at radius 2 is 1.74 bits per heavy atom. The molecule has 3 aromatic carbocycles. The lowest BCUT2D eigenvalue weighted by Crippen LogP contribution is -2.15. The lowest BCUT2D eigenvalue weighted by atomic mass is 10.1. The molecule has 0 saturated carbocycles. The van der Waals surface area contributed by atoms with Crippen molar-refractivity contribution >= 4 is 48.9 Å². The summed E-state index contributed by atoms with van der Waals surface area (Å²) in [4.78, 5) is 24.6. The number of rotatable bonds is 5. The van der Waals surface area contributed by atoms with Crippen LogP contribution in [0.25, 0.3) is 10.2 Å². The van der Waals surface area contributed by atoms with Gasteiger partial charge in [-0.15, -0.1) is 0 Å². The van der Waals surface area contributed by atoms with Gasteiger partial charge < -0.3 is 9.88 Å². The first-order valence-electron chi connectivity index (χ1n) is 9.34. The topological polar surface area (TPSA) is 97.3 Å². The van der Waals surface area contributed by atoms with Crippen molar-refractivity contribution in [1.82, 2.24) is 4.57 Å². The Hall–Kier alpha value is -3.43.